The van der Waals surface area contributed by atoms with Gasteiger partial charge in [-0.3, -0.25) is 0 Å². The Balaban J connectivity index is 1.80. The van der Waals surface area contributed by atoms with Crippen molar-refractivity contribution in [3.8, 4) is 6.07 Å². The van der Waals surface area contributed by atoms with Crippen LogP contribution in [0.15, 0.2) is 35.8 Å². The Bertz CT molecular complexity index is 511. The summed E-state index contributed by atoms with van der Waals surface area (Å²) in [7, 11) is 0. The Hall–Kier alpha value is -1.70. The summed E-state index contributed by atoms with van der Waals surface area (Å²) in [6.45, 7) is 3.90. The molecule has 3 nitrogen and oxygen atoms in total. The summed E-state index contributed by atoms with van der Waals surface area (Å²) >= 11 is 1.70. The first-order valence-electron chi connectivity index (χ1n) is 5.88. The zero-order chi connectivity index (χ0) is 12.8. The van der Waals surface area contributed by atoms with E-state index >= 15 is 0 Å². The first-order valence-corrected chi connectivity index (χ1v) is 6.76. The summed E-state index contributed by atoms with van der Waals surface area (Å²) in [5.74, 6) is 0.434. The lowest BCUT2D eigenvalue weighted by molar-refractivity contribution is 0.613. The van der Waals surface area contributed by atoms with Gasteiger partial charge in [0.2, 0.25) is 0 Å². The van der Waals surface area contributed by atoms with Gasteiger partial charge in [0, 0.05) is 30.6 Å². The van der Waals surface area contributed by atoms with Crippen LogP contribution in [0.5, 0.6) is 0 Å². The molecule has 1 atom stereocenters. The van der Waals surface area contributed by atoms with Crippen LogP contribution in [0.25, 0.3) is 0 Å². The maximum absolute atomic E-state index is 8.71. The Morgan fingerprint density at radius 3 is 2.78 bits per heavy atom. The molecule has 1 N–H and O–H groups in total. The molecular weight excluding hydrogens is 242 g/mol. The molecule has 1 aromatic carbocycles. The quantitative estimate of drug-likeness (QED) is 0.896. The fourth-order valence-corrected chi connectivity index (χ4v) is 2.39. The van der Waals surface area contributed by atoms with Crippen molar-refractivity contribution >= 4 is 11.3 Å². The molecule has 0 aliphatic heterocycles. The molecule has 0 aliphatic rings. The van der Waals surface area contributed by atoms with Crippen molar-refractivity contribution in [2.24, 2.45) is 0 Å². The molecule has 0 saturated heterocycles. The van der Waals surface area contributed by atoms with Gasteiger partial charge in [-0.2, -0.15) is 5.26 Å². The molecule has 1 aromatic heterocycles. The third-order valence-corrected chi connectivity index (χ3v) is 3.74. The minimum absolute atomic E-state index is 0.434. The van der Waals surface area contributed by atoms with Gasteiger partial charge in [-0.1, -0.05) is 19.1 Å². The topological polar surface area (TPSA) is 48.7 Å². The van der Waals surface area contributed by atoms with Crippen LogP contribution in [0.1, 0.15) is 29.0 Å². The van der Waals surface area contributed by atoms with E-state index in [4.69, 9.17) is 5.26 Å². The average molecular weight is 257 g/mol. The number of rotatable bonds is 5. The van der Waals surface area contributed by atoms with Crippen molar-refractivity contribution in [1.82, 2.24) is 10.3 Å². The Morgan fingerprint density at radius 1 is 1.39 bits per heavy atom. The normalized spacial score (nSPS) is 12.0. The Morgan fingerprint density at radius 2 is 2.17 bits per heavy atom. The van der Waals surface area contributed by atoms with Crippen LogP contribution in [0.3, 0.4) is 0 Å². The van der Waals surface area contributed by atoms with Gasteiger partial charge in [-0.05, 0) is 17.7 Å². The lowest BCUT2D eigenvalue weighted by Crippen LogP contribution is -2.19. The number of benzene rings is 1. The van der Waals surface area contributed by atoms with Crippen LogP contribution in [0, 0.1) is 11.3 Å². The van der Waals surface area contributed by atoms with Crippen molar-refractivity contribution in [3.63, 3.8) is 0 Å². The van der Waals surface area contributed by atoms with E-state index in [1.165, 1.54) is 10.6 Å². The van der Waals surface area contributed by atoms with E-state index in [1.807, 2.05) is 35.8 Å². The lowest BCUT2D eigenvalue weighted by Gasteiger charge is -2.10. The molecule has 0 aliphatic carbocycles. The van der Waals surface area contributed by atoms with Crippen LogP contribution in [-0.4, -0.2) is 11.5 Å². The predicted octanol–water partition coefficient (Wildman–Crippen LogP) is 2.91. The van der Waals surface area contributed by atoms with Crippen molar-refractivity contribution < 1.29 is 0 Å². The standard InChI is InChI=1S/C14H15N3S/c1-11(14-17-6-7-18-14)9-16-10-13-4-2-12(8-15)3-5-13/h2-7,11,16H,9-10H2,1H3. The number of aromatic nitrogens is 1. The summed E-state index contributed by atoms with van der Waals surface area (Å²) in [6.07, 6.45) is 1.84. The smallest absolute Gasteiger partial charge is 0.0991 e. The van der Waals surface area contributed by atoms with E-state index < -0.39 is 0 Å². The van der Waals surface area contributed by atoms with Gasteiger partial charge in [-0.15, -0.1) is 11.3 Å². The molecule has 0 amide bonds. The maximum atomic E-state index is 8.71. The first-order chi connectivity index (χ1) is 8.79. The molecule has 0 bridgehead atoms. The molecule has 18 heavy (non-hydrogen) atoms. The van der Waals surface area contributed by atoms with Crippen LogP contribution in [0.2, 0.25) is 0 Å². The van der Waals surface area contributed by atoms with E-state index in [0.717, 1.165) is 13.1 Å². The van der Waals surface area contributed by atoms with Crippen LogP contribution >= 0.6 is 11.3 Å². The van der Waals surface area contributed by atoms with Gasteiger partial charge in [0.05, 0.1) is 16.6 Å². The number of thiazole rings is 1. The number of nitriles is 1. The van der Waals surface area contributed by atoms with E-state index in [9.17, 15) is 0 Å². The predicted molar refractivity (Wildman–Crippen MR) is 73.4 cm³/mol. The van der Waals surface area contributed by atoms with Crippen molar-refractivity contribution in [3.05, 3.63) is 52.0 Å². The van der Waals surface area contributed by atoms with E-state index in [0.29, 0.717) is 11.5 Å². The van der Waals surface area contributed by atoms with Gasteiger partial charge in [0.15, 0.2) is 0 Å². The second-order valence-corrected chi connectivity index (χ2v) is 5.14. The van der Waals surface area contributed by atoms with Gasteiger partial charge in [0.1, 0.15) is 0 Å². The lowest BCUT2D eigenvalue weighted by atomic mass is 10.1. The maximum Gasteiger partial charge on any atom is 0.0991 e. The van der Waals surface area contributed by atoms with Crippen molar-refractivity contribution in [2.75, 3.05) is 6.54 Å². The minimum atomic E-state index is 0.434. The molecule has 0 fully saturated rings. The Kier molecular flexibility index (Phi) is 4.46. The fraction of sp³-hybridized carbons (Fsp3) is 0.286. The second kappa shape index (κ2) is 6.29. The monoisotopic (exact) mass is 257 g/mol. The summed E-state index contributed by atoms with van der Waals surface area (Å²) in [5.41, 5.74) is 1.90. The summed E-state index contributed by atoms with van der Waals surface area (Å²) in [6, 6.07) is 9.79. The van der Waals surface area contributed by atoms with Crippen LogP contribution in [-0.2, 0) is 6.54 Å². The summed E-state index contributed by atoms with van der Waals surface area (Å²) in [4.78, 5) is 4.31. The highest BCUT2D eigenvalue weighted by atomic mass is 32.1. The third kappa shape index (κ3) is 3.39. The van der Waals surface area contributed by atoms with Crippen molar-refractivity contribution in [2.45, 2.75) is 19.4 Å². The SMILES string of the molecule is CC(CNCc1ccc(C#N)cc1)c1nccs1. The van der Waals surface area contributed by atoms with E-state index in [2.05, 4.69) is 23.3 Å². The molecule has 1 unspecified atom stereocenters. The van der Waals surface area contributed by atoms with Gasteiger partial charge >= 0.3 is 0 Å². The molecule has 0 radical (unpaired) electrons. The largest absolute Gasteiger partial charge is 0.312 e. The molecule has 1 heterocycles. The number of nitrogens with one attached hydrogen (secondary N) is 1. The molecule has 0 spiro atoms. The highest BCUT2D eigenvalue weighted by Gasteiger charge is 2.07. The number of nitrogens with zero attached hydrogens (tertiary/aromatic N) is 2. The average Bonchev–Trinajstić information content (AvgIpc) is 2.93. The Labute approximate surface area is 111 Å². The first kappa shape index (κ1) is 12.7. The van der Waals surface area contributed by atoms with E-state index in [1.54, 1.807) is 11.3 Å². The minimum Gasteiger partial charge on any atom is -0.312 e. The molecule has 92 valence electrons. The summed E-state index contributed by atoms with van der Waals surface area (Å²) in [5, 5.41) is 15.3. The zero-order valence-corrected chi connectivity index (χ0v) is 11.1. The fourth-order valence-electron chi connectivity index (χ4n) is 1.70. The van der Waals surface area contributed by atoms with Crippen LogP contribution < -0.4 is 5.32 Å². The third-order valence-electron chi connectivity index (χ3n) is 2.74. The van der Waals surface area contributed by atoms with E-state index in [-0.39, 0.29) is 0 Å². The molecule has 2 aromatic rings. The molecule has 0 saturated carbocycles. The zero-order valence-electron chi connectivity index (χ0n) is 10.3. The molecule has 2 rings (SSSR count). The van der Waals surface area contributed by atoms with Gasteiger partial charge < -0.3 is 5.32 Å². The van der Waals surface area contributed by atoms with Gasteiger partial charge in [-0.25, -0.2) is 4.98 Å². The summed E-state index contributed by atoms with van der Waals surface area (Å²) < 4.78 is 0. The highest BCUT2D eigenvalue weighted by Crippen LogP contribution is 2.16. The molecule has 4 heteroatoms. The highest BCUT2D eigenvalue weighted by molar-refractivity contribution is 7.09. The van der Waals surface area contributed by atoms with Gasteiger partial charge in [0.25, 0.3) is 0 Å². The van der Waals surface area contributed by atoms with Crippen LogP contribution in [0.4, 0.5) is 0 Å². The second-order valence-electron chi connectivity index (χ2n) is 4.21. The van der Waals surface area contributed by atoms with Crippen molar-refractivity contribution in [1.29, 1.82) is 5.26 Å². The molecular formula is C14H15N3S. The number of hydrogen-bond donors (Lipinski definition) is 1. The number of hydrogen-bond acceptors (Lipinski definition) is 4.